The van der Waals surface area contributed by atoms with Crippen LogP contribution in [0, 0.1) is 6.92 Å². The van der Waals surface area contributed by atoms with Gasteiger partial charge in [-0.2, -0.15) is 4.98 Å². The smallest absolute Gasteiger partial charge is 0.279 e. The summed E-state index contributed by atoms with van der Waals surface area (Å²) in [5.41, 5.74) is 0.964. The third-order valence-electron chi connectivity index (χ3n) is 4.35. The van der Waals surface area contributed by atoms with Crippen LogP contribution in [0.4, 0.5) is 0 Å². The molecule has 1 unspecified atom stereocenters. The van der Waals surface area contributed by atoms with Gasteiger partial charge in [-0.25, -0.2) is 4.98 Å². The average molecular weight is 402 g/mol. The first-order valence-corrected chi connectivity index (χ1v) is 9.52. The minimum atomic E-state index is -0.286. The predicted molar refractivity (Wildman–Crippen MR) is 105 cm³/mol. The van der Waals surface area contributed by atoms with E-state index >= 15 is 0 Å². The molecule has 1 aliphatic heterocycles. The van der Waals surface area contributed by atoms with Crippen molar-refractivity contribution in [3.63, 3.8) is 0 Å². The van der Waals surface area contributed by atoms with Gasteiger partial charge in [0.15, 0.2) is 5.76 Å². The fraction of sp³-hybridized carbons (Fsp3) is 0.500. The van der Waals surface area contributed by atoms with Crippen LogP contribution in [-0.2, 0) is 14.4 Å². The van der Waals surface area contributed by atoms with Gasteiger partial charge in [0.05, 0.1) is 19.4 Å². The molecule has 0 bridgehead atoms. The molecule has 0 saturated carbocycles. The largest absolute Gasteiger partial charge is 0.475 e. The number of furan rings is 1. The second-order valence-corrected chi connectivity index (χ2v) is 7.02. The summed E-state index contributed by atoms with van der Waals surface area (Å²) in [6.07, 6.45) is 1.20. The quantitative estimate of drug-likeness (QED) is 0.517. The Balaban J connectivity index is 1.63. The summed E-state index contributed by atoms with van der Waals surface area (Å²) in [7, 11) is 1.39. The van der Waals surface area contributed by atoms with Crippen LogP contribution in [0.15, 0.2) is 34.0 Å². The van der Waals surface area contributed by atoms with Crippen molar-refractivity contribution in [2.24, 2.45) is 5.16 Å². The topological polar surface area (TPSA) is 99.3 Å². The molecule has 156 valence electrons. The van der Waals surface area contributed by atoms with Crippen molar-refractivity contribution < 1.29 is 23.5 Å². The Morgan fingerprint density at radius 2 is 2.24 bits per heavy atom. The number of amides is 1. The van der Waals surface area contributed by atoms with Gasteiger partial charge in [-0.15, -0.1) is 0 Å². The summed E-state index contributed by atoms with van der Waals surface area (Å²) in [5, 5.41) is 3.84. The number of ether oxygens (including phenoxy) is 2. The number of hydrogen-bond donors (Lipinski definition) is 0. The highest BCUT2D eigenvalue weighted by molar-refractivity contribution is 6.44. The molecular formula is C20H26N4O5. The summed E-state index contributed by atoms with van der Waals surface area (Å²) >= 11 is 0. The molecule has 1 atom stereocenters. The van der Waals surface area contributed by atoms with E-state index in [1.54, 1.807) is 23.1 Å². The lowest BCUT2D eigenvalue weighted by Crippen LogP contribution is -2.49. The number of hydrogen-bond acceptors (Lipinski definition) is 8. The zero-order valence-corrected chi connectivity index (χ0v) is 17.1. The number of morpholine rings is 1. The molecular weight excluding hydrogens is 376 g/mol. The number of aryl methyl sites for hydroxylation is 1. The summed E-state index contributed by atoms with van der Waals surface area (Å²) in [5.74, 6) is 1.52. The number of nitrogens with zero attached hydrogens (tertiary/aromatic N) is 4. The lowest BCUT2D eigenvalue weighted by atomic mass is 10.2. The molecule has 1 amide bonds. The monoisotopic (exact) mass is 402 g/mol. The summed E-state index contributed by atoms with van der Waals surface area (Å²) in [6.45, 7) is 7.46. The standard InChI is InChI=1S/C20H26N4O5/c1-13(2)19-21-14(3)10-17(22-19)29-12-15-11-24(7-9-27-15)20(25)18(23-26-4)16-6-5-8-28-16/h5-6,8,10,13,15H,7,9,11-12H2,1-4H3. The lowest BCUT2D eigenvalue weighted by Gasteiger charge is -2.32. The fourth-order valence-electron chi connectivity index (χ4n) is 2.92. The first-order chi connectivity index (χ1) is 14.0. The second-order valence-electron chi connectivity index (χ2n) is 7.02. The Kier molecular flexibility index (Phi) is 6.82. The molecule has 9 heteroatoms. The van der Waals surface area contributed by atoms with Crippen LogP contribution in [0.3, 0.4) is 0 Å². The van der Waals surface area contributed by atoms with Gasteiger partial charge in [0.1, 0.15) is 25.6 Å². The molecule has 1 fully saturated rings. The Morgan fingerprint density at radius 1 is 1.41 bits per heavy atom. The van der Waals surface area contributed by atoms with Crippen molar-refractivity contribution in [2.75, 3.05) is 33.4 Å². The number of carbonyl (C=O) groups is 1. The van der Waals surface area contributed by atoms with Crippen LogP contribution in [0.1, 0.15) is 37.0 Å². The van der Waals surface area contributed by atoms with Crippen LogP contribution in [0.5, 0.6) is 5.88 Å². The van der Waals surface area contributed by atoms with Crippen molar-refractivity contribution in [3.05, 3.63) is 41.7 Å². The number of aromatic nitrogens is 2. The second kappa shape index (κ2) is 9.51. The van der Waals surface area contributed by atoms with Crippen LogP contribution in [0.2, 0.25) is 0 Å². The first kappa shape index (κ1) is 20.8. The maximum atomic E-state index is 12.9. The molecule has 2 aromatic rings. The van der Waals surface area contributed by atoms with E-state index in [1.807, 2.05) is 20.8 Å². The zero-order chi connectivity index (χ0) is 20.8. The zero-order valence-electron chi connectivity index (χ0n) is 17.1. The van der Waals surface area contributed by atoms with Gasteiger partial charge in [-0.3, -0.25) is 4.79 Å². The molecule has 29 heavy (non-hydrogen) atoms. The highest BCUT2D eigenvalue weighted by Crippen LogP contribution is 2.17. The SMILES string of the molecule is CON=C(C(=O)N1CCOC(COc2cc(C)nc(C(C)C)n2)C1)c1ccco1. The predicted octanol–water partition coefficient (Wildman–Crippen LogP) is 2.16. The first-order valence-electron chi connectivity index (χ1n) is 9.52. The van der Waals surface area contributed by atoms with Crippen molar-refractivity contribution in [1.82, 2.24) is 14.9 Å². The van der Waals surface area contributed by atoms with E-state index in [-0.39, 0.29) is 30.2 Å². The van der Waals surface area contributed by atoms with E-state index in [4.69, 9.17) is 18.7 Å². The minimum absolute atomic E-state index is 0.118. The van der Waals surface area contributed by atoms with E-state index in [9.17, 15) is 4.79 Å². The van der Waals surface area contributed by atoms with Gasteiger partial charge in [0.2, 0.25) is 11.6 Å². The van der Waals surface area contributed by atoms with Gasteiger partial charge >= 0.3 is 0 Å². The van der Waals surface area contributed by atoms with Crippen LogP contribution >= 0.6 is 0 Å². The molecule has 0 N–H and O–H groups in total. The molecule has 0 radical (unpaired) electrons. The van der Waals surface area contributed by atoms with Crippen LogP contribution in [-0.4, -0.2) is 66.0 Å². The Bertz CT molecular complexity index is 851. The molecule has 3 rings (SSSR count). The van der Waals surface area contributed by atoms with Crippen LogP contribution < -0.4 is 4.74 Å². The number of carbonyl (C=O) groups excluding carboxylic acids is 1. The molecule has 2 aromatic heterocycles. The molecule has 0 spiro atoms. The van der Waals surface area contributed by atoms with Crippen molar-refractivity contribution >= 4 is 11.6 Å². The lowest BCUT2D eigenvalue weighted by molar-refractivity contribution is -0.132. The van der Waals surface area contributed by atoms with E-state index in [0.717, 1.165) is 11.5 Å². The van der Waals surface area contributed by atoms with Crippen molar-refractivity contribution in [2.45, 2.75) is 32.8 Å². The van der Waals surface area contributed by atoms with Gasteiger partial charge in [-0.1, -0.05) is 19.0 Å². The summed E-state index contributed by atoms with van der Waals surface area (Å²) < 4.78 is 16.9. The minimum Gasteiger partial charge on any atom is -0.475 e. The van der Waals surface area contributed by atoms with Gasteiger partial charge < -0.3 is 23.6 Å². The normalized spacial score (nSPS) is 17.5. The van der Waals surface area contributed by atoms with Gasteiger partial charge in [0, 0.05) is 24.2 Å². The van der Waals surface area contributed by atoms with Gasteiger partial charge in [-0.05, 0) is 19.1 Å². The molecule has 1 aliphatic rings. The highest BCUT2D eigenvalue weighted by Gasteiger charge is 2.30. The number of oxime groups is 1. The van der Waals surface area contributed by atoms with Crippen molar-refractivity contribution in [1.29, 1.82) is 0 Å². The average Bonchev–Trinajstić information content (AvgIpc) is 3.24. The maximum Gasteiger partial charge on any atom is 0.279 e. The highest BCUT2D eigenvalue weighted by atomic mass is 16.6. The molecule has 1 saturated heterocycles. The molecule has 9 nitrogen and oxygen atoms in total. The Hall–Kier alpha value is -2.94. The van der Waals surface area contributed by atoms with E-state index in [1.165, 1.54) is 13.4 Å². The third kappa shape index (κ3) is 5.32. The fourth-order valence-corrected chi connectivity index (χ4v) is 2.92. The van der Waals surface area contributed by atoms with Gasteiger partial charge in [0.25, 0.3) is 5.91 Å². The maximum absolute atomic E-state index is 12.9. The summed E-state index contributed by atoms with van der Waals surface area (Å²) in [6, 6.07) is 5.15. The number of rotatable bonds is 7. The third-order valence-corrected chi connectivity index (χ3v) is 4.35. The van der Waals surface area contributed by atoms with Crippen LogP contribution in [0.25, 0.3) is 0 Å². The molecule has 0 aromatic carbocycles. The molecule has 0 aliphatic carbocycles. The summed E-state index contributed by atoms with van der Waals surface area (Å²) in [4.78, 5) is 28.2. The van der Waals surface area contributed by atoms with E-state index in [0.29, 0.717) is 31.3 Å². The Labute approximate surface area is 169 Å². The van der Waals surface area contributed by atoms with E-state index in [2.05, 4.69) is 15.1 Å². The Morgan fingerprint density at radius 3 is 2.93 bits per heavy atom. The molecule has 3 heterocycles. The van der Waals surface area contributed by atoms with E-state index < -0.39 is 0 Å². The van der Waals surface area contributed by atoms with Crippen molar-refractivity contribution in [3.8, 4) is 5.88 Å².